The van der Waals surface area contributed by atoms with Crippen molar-refractivity contribution in [2.75, 3.05) is 6.54 Å². The second kappa shape index (κ2) is 7.05. The molecule has 0 aromatic heterocycles. The summed E-state index contributed by atoms with van der Waals surface area (Å²) in [7, 11) is 0. The van der Waals surface area contributed by atoms with Gasteiger partial charge in [0.25, 0.3) is 0 Å². The molecule has 1 N–H and O–H groups in total. The molecular weight excluding hydrogens is 253 g/mol. The Labute approximate surface area is 114 Å². The highest BCUT2D eigenvalue weighted by molar-refractivity contribution is 6.34. The number of rotatable bonds is 6. The number of hydrogen-bond donors (Lipinski definition) is 1. The maximum Gasteiger partial charge on any atom is 0.0424 e. The third-order valence-electron chi connectivity index (χ3n) is 2.73. The lowest BCUT2D eigenvalue weighted by Crippen LogP contribution is -2.21. The highest BCUT2D eigenvalue weighted by Crippen LogP contribution is 2.27. The molecule has 1 atom stereocenters. The molecule has 0 aliphatic carbocycles. The first-order valence-corrected chi connectivity index (χ1v) is 6.68. The first kappa shape index (κ1) is 14.6. The molecular formula is C14H19Cl2N. The highest BCUT2D eigenvalue weighted by Gasteiger charge is 2.12. The lowest BCUT2D eigenvalue weighted by Gasteiger charge is -2.19. The van der Waals surface area contributed by atoms with Gasteiger partial charge in [-0.3, -0.25) is 0 Å². The number of nitrogens with one attached hydrogen (secondary N) is 1. The van der Waals surface area contributed by atoms with E-state index in [1.165, 1.54) is 5.57 Å². The Balaban J connectivity index is 2.91. The molecule has 1 rings (SSSR count). The summed E-state index contributed by atoms with van der Waals surface area (Å²) in [6, 6.07) is 5.92. The van der Waals surface area contributed by atoms with Gasteiger partial charge in [0.05, 0.1) is 0 Å². The molecule has 0 saturated carbocycles. The molecule has 0 aliphatic heterocycles. The Morgan fingerprint density at radius 3 is 2.29 bits per heavy atom. The van der Waals surface area contributed by atoms with Crippen LogP contribution in [-0.4, -0.2) is 6.54 Å². The molecule has 0 aliphatic rings. The van der Waals surface area contributed by atoms with Crippen molar-refractivity contribution in [3.05, 3.63) is 46.0 Å². The van der Waals surface area contributed by atoms with Crippen molar-refractivity contribution in [3.63, 3.8) is 0 Å². The SMILES string of the molecule is C=C(CC)CC(NCC)c1cc(Cl)cc(Cl)c1. The molecule has 0 radical (unpaired) electrons. The van der Waals surface area contributed by atoms with Gasteiger partial charge in [0.1, 0.15) is 0 Å². The average Bonchev–Trinajstić information content (AvgIpc) is 2.27. The van der Waals surface area contributed by atoms with Crippen molar-refractivity contribution in [3.8, 4) is 0 Å². The van der Waals surface area contributed by atoms with E-state index in [0.717, 1.165) is 24.9 Å². The van der Waals surface area contributed by atoms with E-state index in [-0.39, 0.29) is 6.04 Å². The van der Waals surface area contributed by atoms with Gasteiger partial charge in [0.15, 0.2) is 0 Å². The molecule has 0 heterocycles. The number of hydrogen-bond acceptors (Lipinski definition) is 1. The zero-order valence-electron chi connectivity index (χ0n) is 10.4. The van der Waals surface area contributed by atoms with Crippen LogP contribution in [-0.2, 0) is 0 Å². The van der Waals surface area contributed by atoms with Gasteiger partial charge in [-0.1, -0.05) is 49.2 Å². The maximum absolute atomic E-state index is 6.03. The Morgan fingerprint density at radius 1 is 1.24 bits per heavy atom. The summed E-state index contributed by atoms with van der Waals surface area (Å²) in [5.41, 5.74) is 2.35. The third kappa shape index (κ3) is 4.71. The van der Waals surface area contributed by atoms with E-state index in [4.69, 9.17) is 23.2 Å². The molecule has 1 unspecified atom stereocenters. The fourth-order valence-electron chi connectivity index (χ4n) is 1.76. The molecule has 1 aromatic rings. The summed E-state index contributed by atoms with van der Waals surface area (Å²) in [6.07, 6.45) is 1.91. The van der Waals surface area contributed by atoms with E-state index in [0.29, 0.717) is 10.0 Å². The molecule has 0 fully saturated rings. The monoisotopic (exact) mass is 271 g/mol. The summed E-state index contributed by atoms with van der Waals surface area (Å²) < 4.78 is 0. The van der Waals surface area contributed by atoms with Gasteiger partial charge in [-0.15, -0.1) is 0 Å². The summed E-state index contributed by atoms with van der Waals surface area (Å²) in [5, 5.41) is 4.80. The largest absolute Gasteiger partial charge is 0.310 e. The second-order valence-corrected chi connectivity index (χ2v) is 4.99. The second-order valence-electron chi connectivity index (χ2n) is 4.12. The van der Waals surface area contributed by atoms with Gasteiger partial charge in [-0.25, -0.2) is 0 Å². The summed E-state index contributed by atoms with van der Waals surface area (Å²) in [4.78, 5) is 0. The van der Waals surface area contributed by atoms with Crippen molar-refractivity contribution in [2.24, 2.45) is 0 Å². The van der Waals surface area contributed by atoms with Crippen molar-refractivity contribution in [1.82, 2.24) is 5.32 Å². The van der Waals surface area contributed by atoms with Crippen molar-refractivity contribution in [1.29, 1.82) is 0 Å². The molecule has 0 spiro atoms. The van der Waals surface area contributed by atoms with E-state index >= 15 is 0 Å². The van der Waals surface area contributed by atoms with E-state index in [1.54, 1.807) is 6.07 Å². The van der Waals surface area contributed by atoms with Gasteiger partial charge in [0.2, 0.25) is 0 Å². The first-order valence-electron chi connectivity index (χ1n) is 5.92. The predicted octanol–water partition coefficient (Wildman–Crippen LogP) is 5.00. The molecule has 1 nitrogen and oxygen atoms in total. The number of halogens is 2. The average molecular weight is 272 g/mol. The Hall–Kier alpha value is -0.500. The zero-order chi connectivity index (χ0) is 12.8. The molecule has 17 heavy (non-hydrogen) atoms. The fourth-order valence-corrected chi connectivity index (χ4v) is 2.31. The smallest absolute Gasteiger partial charge is 0.0424 e. The summed E-state index contributed by atoms with van der Waals surface area (Å²) >= 11 is 12.1. The molecule has 0 bridgehead atoms. The maximum atomic E-state index is 6.03. The lowest BCUT2D eigenvalue weighted by molar-refractivity contribution is 0.543. The van der Waals surface area contributed by atoms with Crippen LogP contribution in [0.1, 0.15) is 38.3 Å². The molecule has 0 saturated heterocycles. The van der Waals surface area contributed by atoms with Gasteiger partial charge in [-0.2, -0.15) is 0 Å². The van der Waals surface area contributed by atoms with Crippen LogP contribution in [0.15, 0.2) is 30.4 Å². The first-order chi connectivity index (χ1) is 8.06. The van der Waals surface area contributed by atoms with Crippen LogP contribution >= 0.6 is 23.2 Å². The summed E-state index contributed by atoms with van der Waals surface area (Å²) in [5.74, 6) is 0. The van der Waals surface area contributed by atoms with Crippen LogP contribution < -0.4 is 5.32 Å². The minimum absolute atomic E-state index is 0.239. The molecule has 1 aromatic carbocycles. The van der Waals surface area contributed by atoms with Crippen LogP contribution in [0.25, 0.3) is 0 Å². The Kier molecular flexibility index (Phi) is 6.04. The van der Waals surface area contributed by atoms with E-state index < -0.39 is 0 Å². The van der Waals surface area contributed by atoms with Crippen molar-refractivity contribution >= 4 is 23.2 Å². The lowest BCUT2D eigenvalue weighted by atomic mass is 9.98. The van der Waals surface area contributed by atoms with Crippen LogP contribution in [0, 0.1) is 0 Å². The normalized spacial score (nSPS) is 12.5. The van der Waals surface area contributed by atoms with Crippen LogP contribution in [0.2, 0.25) is 10.0 Å². The van der Waals surface area contributed by atoms with E-state index in [1.807, 2.05) is 12.1 Å². The highest BCUT2D eigenvalue weighted by atomic mass is 35.5. The Bertz CT molecular complexity index is 368. The molecule has 3 heteroatoms. The van der Waals surface area contributed by atoms with E-state index in [2.05, 4.69) is 25.7 Å². The van der Waals surface area contributed by atoms with Gasteiger partial charge in [0, 0.05) is 16.1 Å². The van der Waals surface area contributed by atoms with Crippen LogP contribution in [0.4, 0.5) is 0 Å². The van der Waals surface area contributed by atoms with Crippen LogP contribution in [0.5, 0.6) is 0 Å². The third-order valence-corrected chi connectivity index (χ3v) is 3.17. The molecule has 94 valence electrons. The fraction of sp³-hybridized carbons (Fsp3) is 0.429. The molecule has 0 amide bonds. The quantitative estimate of drug-likeness (QED) is 0.718. The van der Waals surface area contributed by atoms with E-state index in [9.17, 15) is 0 Å². The minimum atomic E-state index is 0.239. The minimum Gasteiger partial charge on any atom is -0.310 e. The zero-order valence-corrected chi connectivity index (χ0v) is 11.9. The van der Waals surface area contributed by atoms with Gasteiger partial charge < -0.3 is 5.32 Å². The van der Waals surface area contributed by atoms with Crippen molar-refractivity contribution < 1.29 is 0 Å². The predicted molar refractivity (Wildman–Crippen MR) is 76.9 cm³/mol. The van der Waals surface area contributed by atoms with Gasteiger partial charge >= 0.3 is 0 Å². The van der Waals surface area contributed by atoms with Crippen molar-refractivity contribution in [2.45, 2.75) is 32.7 Å². The number of benzene rings is 1. The summed E-state index contributed by atoms with van der Waals surface area (Å²) in [6.45, 7) is 9.18. The van der Waals surface area contributed by atoms with Crippen LogP contribution in [0.3, 0.4) is 0 Å². The standard InChI is InChI=1S/C14H19Cl2N/c1-4-10(3)6-14(17-5-2)11-7-12(15)9-13(16)8-11/h7-9,14,17H,3-6H2,1-2H3. The van der Waals surface area contributed by atoms with Gasteiger partial charge in [-0.05, 0) is 43.1 Å². The Morgan fingerprint density at radius 2 is 1.82 bits per heavy atom. The topological polar surface area (TPSA) is 12.0 Å².